The Balaban J connectivity index is 1.89. The molecule has 0 fully saturated rings. The number of fused-ring (bicyclic) bond motifs is 1. The van der Waals surface area contributed by atoms with Crippen molar-refractivity contribution in [1.29, 1.82) is 0 Å². The van der Waals surface area contributed by atoms with Gasteiger partial charge in [-0.25, -0.2) is 0 Å². The van der Waals surface area contributed by atoms with E-state index in [9.17, 15) is 4.79 Å². The lowest BCUT2D eigenvalue weighted by molar-refractivity contribution is -0.676. The Labute approximate surface area is 167 Å². The van der Waals surface area contributed by atoms with Crippen LogP contribution in [0.3, 0.4) is 0 Å². The highest BCUT2D eigenvalue weighted by atomic mass is 32.1. The minimum Gasteiger partial charge on any atom is -0.336 e. The number of hydrogen-bond donors (Lipinski definition) is 1. The fraction of sp³-hybridized carbons (Fsp3) is 0.522. The molecule has 3 rings (SSSR count). The van der Waals surface area contributed by atoms with E-state index in [2.05, 4.69) is 80.5 Å². The molecular weight excluding hydrogens is 352 g/mol. The number of carbonyl (C=O) groups excluding carboxylic acids is 1. The topological polar surface area (TPSA) is 36.9 Å². The molecule has 0 aliphatic carbocycles. The summed E-state index contributed by atoms with van der Waals surface area (Å²) >= 11 is 1.82. The van der Waals surface area contributed by atoms with Gasteiger partial charge < -0.3 is 10.2 Å². The van der Waals surface area contributed by atoms with Gasteiger partial charge >= 0.3 is 0 Å². The summed E-state index contributed by atoms with van der Waals surface area (Å²) in [7, 11) is 0. The number of amides is 1. The molecule has 27 heavy (non-hydrogen) atoms. The van der Waals surface area contributed by atoms with Crippen LogP contribution >= 0.6 is 11.3 Å². The molecule has 2 N–H and O–H groups in total. The number of carbonyl (C=O) groups is 1. The molecule has 0 saturated heterocycles. The van der Waals surface area contributed by atoms with Gasteiger partial charge in [-0.1, -0.05) is 52.0 Å². The molecule has 3 nitrogen and oxygen atoms in total. The lowest BCUT2D eigenvalue weighted by Crippen LogP contribution is -2.91. The van der Waals surface area contributed by atoms with Crippen LogP contribution in [-0.4, -0.2) is 29.9 Å². The molecule has 2 atom stereocenters. The van der Waals surface area contributed by atoms with Crippen molar-refractivity contribution in [2.24, 2.45) is 0 Å². The number of thiophene rings is 1. The molecule has 1 aliphatic heterocycles. The molecule has 2 aromatic rings. The summed E-state index contributed by atoms with van der Waals surface area (Å²) in [6.45, 7) is 12.4. The molecule has 0 spiro atoms. The molecule has 0 unspecified atom stereocenters. The minimum absolute atomic E-state index is 0.0480. The van der Waals surface area contributed by atoms with Crippen molar-refractivity contribution in [2.75, 3.05) is 13.1 Å². The van der Waals surface area contributed by atoms with E-state index >= 15 is 0 Å². The lowest BCUT2D eigenvalue weighted by atomic mass is 9.85. The number of nitrogens with zero attached hydrogens (tertiary/aromatic N) is 1. The van der Waals surface area contributed by atoms with Crippen LogP contribution in [0.5, 0.6) is 0 Å². The zero-order chi connectivity index (χ0) is 19.6. The highest BCUT2D eigenvalue weighted by Crippen LogP contribution is 2.38. The first kappa shape index (κ1) is 20.1. The number of nitrogens with two attached hydrogens (primary N) is 1. The Morgan fingerprint density at radius 3 is 2.59 bits per heavy atom. The highest BCUT2D eigenvalue weighted by Gasteiger charge is 2.33. The van der Waals surface area contributed by atoms with Gasteiger partial charge in [0.15, 0.2) is 6.54 Å². The first-order valence-electron chi connectivity index (χ1n) is 10.1. The SMILES string of the molecule is CC[C@@H](C)[NH2+]CC(=O)N1CCc2sccc2[C@@H]1c1ccc(C(C)(C)C)cc1. The van der Waals surface area contributed by atoms with Crippen LogP contribution < -0.4 is 5.32 Å². The summed E-state index contributed by atoms with van der Waals surface area (Å²) in [6, 6.07) is 11.6. The van der Waals surface area contributed by atoms with Crippen molar-refractivity contribution in [1.82, 2.24) is 4.90 Å². The van der Waals surface area contributed by atoms with Crippen LogP contribution in [0.1, 0.15) is 68.6 Å². The third-order valence-corrected chi connectivity index (χ3v) is 6.71. The Morgan fingerprint density at radius 1 is 1.26 bits per heavy atom. The van der Waals surface area contributed by atoms with Crippen LogP contribution in [0.15, 0.2) is 35.7 Å². The molecule has 1 aromatic heterocycles. The Hall–Kier alpha value is -1.65. The minimum atomic E-state index is 0.0480. The number of rotatable bonds is 5. The molecule has 4 heteroatoms. The quantitative estimate of drug-likeness (QED) is 0.833. The van der Waals surface area contributed by atoms with Gasteiger partial charge in [-0.15, -0.1) is 11.3 Å². The van der Waals surface area contributed by atoms with Gasteiger partial charge in [-0.05, 0) is 53.3 Å². The van der Waals surface area contributed by atoms with Crippen molar-refractivity contribution in [3.05, 3.63) is 57.3 Å². The van der Waals surface area contributed by atoms with E-state index in [0.29, 0.717) is 12.6 Å². The van der Waals surface area contributed by atoms with Gasteiger partial charge in [-0.2, -0.15) is 0 Å². The summed E-state index contributed by atoms with van der Waals surface area (Å²) in [5.74, 6) is 0.247. The van der Waals surface area contributed by atoms with Crippen molar-refractivity contribution in [2.45, 2.75) is 65.0 Å². The van der Waals surface area contributed by atoms with Crippen molar-refractivity contribution < 1.29 is 10.1 Å². The van der Waals surface area contributed by atoms with E-state index in [-0.39, 0.29) is 17.4 Å². The molecule has 0 radical (unpaired) electrons. The molecular formula is C23H33N2OS+. The summed E-state index contributed by atoms with van der Waals surface area (Å²) in [5, 5.41) is 4.34. The second-order valence-electron chi connectivity index (χ2n) is 8.74. The fourth-order valence-corrected chi connectivity index (χ4v) is 4.60. The van der Waals surface area contributed by atoms with Crippen molar-refractivity contribution in [3.8, 4) is 0 Å². The zero-order valence-electron chi connectivity index (χ0n) is 17.3. The predicted octanol–water partition coefficient (Wildman–Crippen LogP) is 3.88. The average molecular weight is 386 g/mol. The molecule has 1 aliphatic rings. The normalized spacial score (nSPS) is 18.3. The molecule has 1 amide bonds. The fourth-order valence-electron chi connectivity index (χ4n) is 3.70. The zero-order valence-corrected chi connectivity index (χ0v) is 18.1. The molecule has 0 saturated carbocycles. The van der Waals surface area contributed by atoms with E-state index in [1.807, 2.05) is 11.3 Å². The third-order valence-electron chi connectivity index (χ3n) is 5.72. The number of hydrogen-bond acceptors (Lipinski definition) is 2. The van der Waals surface area contributed by atoms with Crippen LogP contribution in [-0.2, 0) is 16.6 Å². The Kier molecular flexibility index (Phi) is 6.07. The monoisotopic (exact) mass is 385 g/mol. The first-order valence-corrected chi connectivity index (χ1v) is 11.0. The maximum absolute atomic E-state index is 13.1. The van der Waals surface area contributed by atoms with Crippen LogP contribution in [0.4, 0.5) is 0 Å². The van der Waals surface area contributed by atoms with Crippen molar-refractivity contribution in [3.63, 3.8) is 0 Å². The summed E-state index contributed by atoms with van der Waals surface area (Å²) < 4.78 is 0. The van der Waals surface area contributed by atoms with Crippen molar-refractivity contribution >= 4 is 17.2 Å². The van der Waals surface area contributed by atoms with Gasteiger partial charge in [0.2, 0.25) is 0 Å². The van der Waals surface area contributed by atoms with E-state index in [0.717, 1.165) is 19.4 Å². The highest BCUT2D eigenvalue weighted by molar-refractivity contribution is 7.10. The predicted molar refractivity (Wildman–Crippen MR) is 113 cm³/mol. The van der Waals surface area contributed by atoms with E-state index in [1.165, 1.54) is 21.6 Å². The second-order valence-corrected chi connectivity index (χ2v) is 9.74. The van der Waals surface area contributed by atoms with Crippen LogP contribution in [0, 0.1) is 0 Å². The van der Waals surface area contributed by atoms with E-state index in [1.54, 1.807) is 0 Å². The summed E-state index contributed by atoms with van der Waals surface area (Å²) in [5.41, 5.74) is 4.00. The van der Waals surface area contributed by atoms with Gasteiger partial charge in [0.1, 0.15) is 0 Å². The standard InChI is InChI=1S/C23H32N2OS/c1-6-16(2)24-15-21(26)25-13-11-20-19(12-14-27-20)22(25)17-7-9-18(10-8-17)23(3,4)5/h7-10,12,14,16,22,24H,6,11,13,15H2,1-5H3/p+1/t16-,22+/m1/s1. The summed E-state index contributed by atoms with van der Waals surface area (Å²) in [6.07, 6.45) is 2.05. The lowest BCUT2D eigenvalue weighted by Gasteiger charge is -2.36. The average Bonchev–Trinajstić information content (AvgIpc) is 3.13. The van der Waals surface area contributed by atoms with Crippen LogP contribution in [0.25, 0.3) is 0 Å². The van der Waals surface area contributed by atoms with Gasteiger partial charge in [-0.3, -0.25) is 4.79 Å². The smallest absolute Gasteiger partial charge is 0.278 e. The largest absolute Gasteiger partial charge is 0.336 e. The second kappa shape index (κ2) is 8.15. The molecule has 1 aromatic carbocycles. The Morgan fingerprint density at radius 2 is 1.96 bits per heavy atom. The maximum Gasteiger partial charge on any atom is 0.278 e. The molecule has 2 heterocycles. The number of quaternary nitrogens is 1. The number of benzene rings is 1. The Bertz CT molecular complexity index is 772. The first-order chi connectivity index (χ1) is 12.8. The van der Waals surface area contributed by atoms with E-state index < -0.39 is 0 Å². The van der Waals surface area contributed by atoms with Gasteiger partial charge in [0.05, 0.1) is 12.1 Å². The third kappa shape index (κ3) is 4.44. The summed E-state index contributed by atoms with van der Waals surface area (Å²) in [4.78, 5) is 16.6. The van der Waals surface area contributed by atoms with E-state index in [4.69, 9.17) is 0 Å². The maximum atomic E-state index is 13.1. The molecule has 146 valence electrons. The van der Waals surface area contributed by atoms with Gasteiger partial charge in [0.25, 0.3) is 5.91 Å². The molecule has 0 bridgehead atoms. The van der Waals surface area contributed by atoms with Gasteiger partial charge in [0, 0.05) is 11.4 Å². The van der Waals surface area contributed by atoms with Crippen LogP contribution in [0.2, 0.25) is 0 Å².